The lowest BCUT2D eigenvalue weighted by Gasteiger charge is -2.15. The molecule has 0 aliphatic carbocycles. The molecule has 0 aliphatic rings. The summed E-state index contributed by atoms with van der Waals surface area (Å²) in [7, 11) is -3.47. The number of nitrogens with one attached hydrogen (secondary N) is 1. The Morgan fingerprint density at radius 3 is 2.55 bits per heavy atom. The summed E-state index contributed by atoms with van der Waals surface area (Å²) in [6.07, 6.45) is -3.47. The molecule has 0 atom stereocenters. The van der Waals surface area contributed by atoms with Crippen LogP contribution in [0.25, 0.3) is 21.3 Å². The van der Waals surface area contributed by atoms with Gasteiger partial charge in [0.15, 0.2) is 15.0 Å². The Labute approximate surface area is 192 Å². The lowest BCUT2D eigenvalue weighted by atomic mass is 10.3. The zero-order valence-corrected chi connectivity index (χ0v) is 19.8. The van der Waals surface area contributed by atoms with Gasteiger partial charge in [-0.2, -0.15) is 13.2 Å². The lowest BCUT2D eigenvalue weighted by molar-refractivity contribution is -0.140. The van der Waals surface area contributed by atoms with Crippen LogP contribution in [-0.2, 0) is 16.4 Å². The summed E-state index contributed by atoms with van der Waals surface area (Å²) in [4.78, 5) is 8.87. The Hall–Kier alpha value is -2.86. The van der Waals surface area contributed by atoms with Crippen LogP contribution in [0.4, 0.5) is 24.0 Å². The molecule has 0 aliphatic heterocycles. The van der Waals surface area contributed by atoms with Gasteiger partial charge in [0.1, 0.15) is 23.6 Å². The first-order valence-electron chi connectivity index (χ1n) is 9.93. The molecule has 12 heteroatoms. The van der Waals surface area contributed by atoms with Crippen molar-refractivity contribution in [2.75, 3.05) is 11.6 Å². The largest absolute Gasteiger partial charge is 0.489 e. The molecule has 2 heterocycles. The van der Waals surface area contributed by atoms with E-state index in [2.05, 4.69) is 15.3 Å². The molecule has 0 fully saturated rings. The van der Waals surface area contributed by atoms with Crippen molar-refractivity contribution in [3.8, 4) is 5.75 Å². The van der Waals surface area contributed by atoms with Crippen LogP contribution in [0.5, 0.6) is 5.75 Å². The predicted molar refractivity (Wildman–Crippen MR) is 122 cm³/mol. The van der Waals surface area contributed by atoms with Crippen molar-refractivity contribution in [2.45, 2.75) is 44.5 Å². The summed E-state index contributed by atoms with van der Waals surface area (Å²) in [5, 5.41) is 3.47. The van der Waals surface area contributed by atoms with Crippen molar-refractivity contribution < 1.29 is 26.3 Å². The third-order valence-electron chi connectivity index (χ3n) is 4.78. The molecule has 1 N–H and O–H groups in total. The number of anilines is 2. The fourth-order valence-electron chi connectivity index (χ4n) is 3.46. The molecule has 2 aromatic carbocycles. The standard InChI is InChI=1S/C21H21F3N4O3S2/c1-11(2)31-16-7-5-13(33(4,29)30)9-15(16)26-20-27-18-17(32-20)8-6-14-19(18)28(12(3)25-14)10-21(22,23)24/h5-9,11H,10H2,1-4H3,(H,26,27). The number of hydrogen-bond donors (Lipinski definition) is 1. The Morgan fingerprint density at radius 1 is 1.18 bits per heavy atom. The summed E-state index contributed by atoms with van der Waals surface area (Å²) >= 11 is 1.23. The van der Waals surface area contributed by atoms with Gasteiger partial charge in [0, 0.05) is 6.26 Å². The number of imidazole rings is 1. The van der Waals surface area contributed by atoms with Crippen molar-refractivity contribution in [1.29, 1.82) is 0 Å². The van der Waals surface area contributed by atoms with Crippen LogP contribution >= 0.6 is 11.3 Å². The van der Waals surface area contributed by atoms with Crippen molar-refractivity contribution >= 4 is 53.2 Å². The van der Waals surface area contributed by atoms with E-state index >= 15 is 0 Å². The second-order valence-corrected chi connectivity index (χ2v) is 10.9. The van der Waals surface area contributed by atoms with Gasteiger partial charge < -0.3 is 14.6 Å². The molecule has 4 rings (SSSR count). The normalized spacial score (nSPS) is 12.7. The van der Waals surface area contributed by atoms with E-state index in [0.717, 1.165) is 10.8 Å². The summed E-state index contributed by atoms with van der Waals surface area (Å²) in [5.41, 5.74) is 1.50. The van der Waals surface area contributed by atoms with E-state index in [4.69, 9.17) is 4.74 Å². The number of rotatable bonds is 6. The maximum atomic E-state index is 13.2. The van der Waals surface area contributed by atoms with Gasteiger partial charge in [-0.15, -0.1) is 0 Å². The first kappa shape index (κ1) is 23.3. The monoisotopic (exact) mass is 498 g/mol. The van der Waals surface area contributed by atoms with Gasteiger partial charge in [0.05, 0.1) is 32.4 Å². The zero-order valence-electron chi connectivity index (χ0n) is 18.2. The van der Waals surface area contributed by atoms with Crippen molar-refractivity contribution in [3.63, 3.8) is 0 Å². The van der Waals surface area contributed by atoms with Gasteiger partial charge in [-0.05, 0) is 51.1 Å². The smallest absolute Gasteiger partial charge is 0.406 e. The molecular weight excluding hydrogens is 477 g/mol. The number of aryl methyl sites for hydroxylation is 1. The number of halogens is 3. The highest BCUT2D eigenvalue weighted by atomic mass is 32.2. The number of ether oxygens (including phenoxy) is 1. The number of aromatic nitrogens is 3. The van der Waals surface area contributed by atoms with Crippen LogP contribution < -0.4 is 10.1 Å². The molecule has 176 valence electrons. The highest BCUT2D eigenvalue weighted by molar-refractivity contribution is 7.90. The number of sulfone groups is 1. The van der Waals surface area contributed by atoms with E-state index in [1.165, 1.54) is 30.4 Å². The average Bonchev–Trinajstić information content (AvgIpc) is 3.21. The fraction of sp³-hybridized carbons (Fsp3) is 0.333. The van der Waals surface area contributed by atoms with Gasteiger partial charge in [-0.3, -0.25) is 0 Å². The summed E-state index contributed by atoms with van der Waals surface area (Å²) < 4.78 is 71.1. The van der Waals surface area contributed by atoms with Gasteiger partial charge in [-0.1, -0.05) is 11.3 Å². The minimum absolute atomic E-state index is 0.100. The van der Waals surface area contributed by atoms with Crippen molar-refractivity contribution in [3.05, 3.63) is 36.2 Å². The molecule has 0 amide bonds. The molecule has 0 bridgehead atoms. The minimum Gasteiger partial charge on any atom is -0.489 e. The van der Waals surface area contributed by atoms with Gasteiger partial charge in [-0.25, -0.2) is 18.4 Å². The molecule has 0 saturated carbocycles. The first-order valence-corrected chi connectivity index (χ1v) is 12.6. The molecule has 33 heavy (non-hydrogen) atoms. The van der Waals surface area contributed by atoms with Gasteiger partial charge in [0.25, 0.3) is 0 Å². The summed E-state index contributed by atoms with van der Waals surface area (Å²) in [6.45, 7) is 4.03. The Kier molecular flexibility index (Phi) is 5.77. The van der Waals surface area contributed by atoms with Crippen LogP contribution in [0.2, 0.25) is 0 Å². The van der Waals surface area contributed by atoms with Crippen LogP contribution in [-0.4, -0.2) is 41.5 Å². The molecular formula is C21H21F3N4O3S2. The highest BCUT2D eigenvalue weighted by Crippen LogP contribution is 2.37. The number of fused-ring (bicyclic) bond motifs is 3. The van der Waals surface area contributed by atoms with Crippen LogP contribution in [0.15, 0.2) is 35.2 Å². The zero-order chi connectivity index (χ0) is 24.1. The van der Waals surface area contributed by atoms with E-state index < -0.39 is 22.6 Å². The van der Waals surface area contributed by atoms with E-state index in [9.17, 15) is 21.6 Å². The average molecular weight is 499 g/mol. The third-order valence-corrected chi connectivity index (χ3v) is 6.82. The van der Waals surface area contributed by atoms with E-state index in [1.54, 1.807) is 18.2 Å². The highest BCUT2D eigenvalue weighted by Gasteiger charge is 2.30. The number of thiazole rings is 1. The lowest BCUT2D eigenvalue weighted by Crippen LogP contribution is -2.18. The van der Waals surface area contributed by atoms with E-state index in [1.807, 2.05) is 13.8 Å². The molecule has 0 radical (unpaired) electrons. The van der Waals surface area contributed by atoms with Gasteiger partial charge in [0.2, 0.25) is 0 Å². The molecule has 0 spiro atoms. The predicted octanol–water partition coefficient (Wildman–Crippen LogP) is 5.45. The number of nitrogens with zero attached hydrogens (tertiary/aromatic N) is 3. The van der Waals surface area contributed by atoms with Crippen LogP contribution in [0.1, 0.15) is 19.7 Å². The number of alkyl halides is 3. The minimum atomic E-state index is -4.41. The van der Waals surface area contributed by atoms with Crippen molar-refractivity contribution in [1.82, 2.24) is 14.5 Å². The maximum absolute atomic E-state index is 13.2. The van der Waals surface area contributed by atoms with E-state index in [0.29, 0.717) is 37.8 Å². The molecule has 0 unspecified atom stereocenters. The summed E-state index contributed by atoms with van der Waals surface area (Å²) in [5.74, 6) is 0.672. The first-order chi connectivity index (χ1) is 15.3. The topological polar surface area (TPSA) is 86.1 Å². The van der Waals surface area contributed by atoms with E-state index in [-0.39, 0.29) is 16.8 Å². The number of hydrogen-bond acceptors (Lipinski definition) is 7. The fourth-order valence-corrected chi connectivity index (χ4v) is 4.99. The van der Waals surface area contributed by atoms with Gasteiger partial charge >= 0.3 is 6.18 Å². The summed E-state index contributed by atoms with van der Waals surface area (Å²) in [6, 6.07) is 7.89. The quantitative estimate of drug-likeness (QED) is 0.380. The SMILES string of the molecule is Cc1nc2ccc3sc(Nc4cc(S(C)(=O)=O)ccc4OC(C)C)nc3c2n1CC(F)(F)F. The molecule has 0 saturated heterocycles. The maximum Gasteiger partial charge on any atom is 0.406 e. The second kappa shape index (κ2) is 8.17. The molecule has 4 aromatic rings. The Bertz CT molecular complexity index is 1460. The van der Waals surface area contributed by atoms with Crippen LogP contribution in [0.3, 0.4) is 0 Å². The van der Waals surface area contributed by atoms with Crippen LogP contribution in [0, 0.1) is 6.92 Å². The third kappa shape index (κ3) is 4.91. The second-order valence-electron chi connectivity index (χ2n) is 7.88. The molecule has 2 aromatic heterocycles. The van der Waals surface area contributed by atoms with Crippen molar-refractivity contribution in [2.24, 2.45) is 0 Å². The Balaban J connectivity index is 1.82. The molecule has 7 nitrogen and oxygen atoms in total. The number of benzene rings is 2. The Morgan fingerprint density at radius 2 is 1.91 bits per heavy atom.